The summed E-state index contributed by atoms with van der Waals surface area (Å²) in [6.07, 6.45) is 2.02. The lowest BCUT2D eigenvalue weighted by molar-refractivity contribution is 0.0702. The molecule has 0 fully saturated rings. The first kappa shape index (κ1) is 12.4. The van der Waals surface area contributed by atoms with E-state index >= 15 is 0 Å². The highest BCUT2D eigenvalue weighted by Gasteiger charge is 2.09. The summed E-state index contributed by atoms with van der Waals surface area (Å²) in [6.45, 7) is 0.692. The lowest BCUT2D eigenvalue weighted by atomic mass is 10.2. The Bertz CT molecular complexity index is 760. The Labute approximate surface area is 122 Å². The van der Waals surface area contributed by atoms with Crippen LogP contribution in [0.5, 0.6) is 0 Å². The molecule has 5 heteroatoms. The minimum Gasteiger partial charge on any atom is -0.477 e. The SMILES string of the molecule is O=C(O)c1ccc(Cn2ccc3c(Br)cccc32)s1. The first-order chi connectivity index (χ1) is 9.15. The standard InChI is InChI=1S/C14H10BrNO2S/c15-11-2-1-3-12-10(11)6-7-16(12)8-9-4-5-13(19-9)14(17)18/h1-7H,8H2,(H,17,18). The molecule has 96 valence electrons. The van der Waals surface area contributed by atoms with Gasteiger partial charge in [0.1, 0.15) is 4.88 Å². The first-order valence-corrected chi connectivity index (χ1v) is 7.31. The maximum absolute atomic E-state index is 10.9. The van der Waals surface area contributed by atoms with Gasteiger partial charge in [-0.2, -0.15) is 0 Å². The normalized spacial score (nSPS) is 11.0. The summed E-state index contributed by atoms with van der Waals surface area (Å²) in [4.78, 5) is 12.3. The highest BCUT2D eigenvalue weighted by atomic mass is 79.9. The summed E-state index contributed by atoms with van der Waals surface area (Å²) in [5, 5.41) is 10.1. The molecule has 1 aromatic carbocycles. The molecule has 0 saturated carbocycles. The van der Waals surface area contributed by atoms with Crippen LogP contribution in [-0.2, 0) is 6.54 Å². The Morgan fingerprint density at radius 1 is 1.26 bits per heavy atom. The molecule has 0 saturated heterocycles. The number of thiophene rings is 1. The van der Waals surface area contributed by atoms with Crippen LogP contribution in [0, 0.1) is 0 Å². The van der Waals surface area contributed by atoms with Gasteiger partial charge in [-0.3, -0.25) is 0 Å². The van der Waals surface area contributed by atoms with Gasteiger partial charge in [-0.1, -0.05) is 22.0 Å². The minimum atomic E-state index is -0.864. The number of aromatic carboxylic acids is 1. The van der Waals surface area contributed by atoms with Crippen molar-refractivity contribution in [2.75, 3.05) is 0 Å². The average Bonchev–Trinajstić information content (AvgIpc) is 2.98. The van der Waals surface area contributed by atoms with Gasteiger partial charge in [0.25, 0.3) is 0 Å². The van der Waals surface area contributed by atoms with E-state index in [1.165, 1.54) is 11.3 Å². The molecule has 0 bridgehead atoms. The number of aromatic nitrogens is 1. The molecule has 2 aromatic heterocycles. The van der Waals surface area contributed by atoms with Crippen LogP contribution < -0.4 is 0 Å². The van der Waals surface area contributed by atoms with Crippen LogP contribution in [0.4, 0.5) is 0 Å². The van der Waals surface area contributed by atoms with Gasteiger partial charge >= 0.3 is 5.97 Å². The summed E-state index contributed by atoms with van der Waals surface area (Å²) >= 11 is 4.85. The predicted molar refractivity (Wildman–Crippen MR) is 80.0 cm³/mol. The third-order valence-corrected chi connectivity index (χ3v) is 4.71. The lowest BCUT2D eigenvalue weighted by Gasteiger charge is -2.03. The highest BCUT2D eigenvalue weighted by molar-refractivity contribution is 9.10. The molecule has 0 atom stereocenters. The number of carboxylic acid groups (broad SMARTS) is 1. The van der Waals surface area contributed by atoms with Crippen molar-refractivity contribution in [1.82, 2.24) is 4.57 Å². The molecule has 0 spiro atoms. The summed E-state index contributed by atoms with van der Waals surface area (Å²) in [7, 11) is 0. The number of carbonyl (C=O) groups is 1. The molecule has 0 aliphatic rings. The second-order valence-electron chi connectivity index (χ2n) is 4.19. The van der Waals surface area contributed by atoms with Gasteiger partial charge in [0.15, 0.2) is 0 Å². The summed E-state index contributed by atoms with van der Waals surface area (Å²) in [6, 6.07) is 11.7. The van der Waals surface area contributed by atoms with Crippen LogP contribution in [0.25, 0.3) is 10.9 Å². The molecule has 0 amide bonds. The van der Waals surface area contributed by atoms with Crippen LogP contribution in [0.3, 0.4) is 0 Å². The van der Waals surface area contributed by atoms with Crippen LogP contribution in [-0.4, -0.2) is 15.6 Å². The summed E-state index contributed by atoms with van der Waals surface area (Å²) in [5.41, 5.74) is 1.14. The highest BCUT2D eigenvalue weighted by Crippen LogP contribution is 2.26. The van der Waals surface area contributed by atoms with Crippen molar-refractivity contribution in [3.8, 4) is 0 Å². The van der Waals surface area contributed by atoms with Gasteiger partial charge in [-0.15, -0.1) is 11.3 Å². The summed E-state index contributed by atoms with van der Waals surface area (Å²) in [5.74, 6) is -0.864. The first-order valence-electron chi connectivity index (χ1n) is 5.70. The number of benzene rings is 1. The van der Waals surface area contributed by atoms with Crippen molar-refractivity contribution in [3.05, 3.63) is 56.8 Å². The van der Waals surface area contributed by atoms with Gasteiger partial charge in [0.2, 0.25) is 0 Å². The number of nitrogens with zero attached hydrogens (tertiary/aromatic N) is 1. The van der Waals surface area contributed by atoms with Crippen LogP contribution in [0.2, 0.25) is 0 Å². The maximum Gasteiger partial charge on any atom is 0.345 e. The molecular weight excluding hydrogens is 326 g/mol. The van der Waals surface area contributed by atoms with Gasteiger partial charge < -0.3 is 9.67 Å². The van der Waals surface area contributed by atoms with Crippen molar-refractivity contribution in [3.63, 3.8) is 0 Å². The summed E-state index contributed by atoms with van der Waals surface area (Å²) < 4.78 is 3.19. The van der Waals surface area contributed by atoms with E-state index in [0.717, 1.165) is 20.3 Å². The minimum absolute atomic E-state index is 0.382. The third kappa shape index (κ3) is 2.31. The van der Waals surface area contributed by atoms with Crippen molar-refractivity contribution < 1.29 is 9.90 Å². The quantitative estimate of drug-likeness (QED) is 0.778. The van der Waals surface area contributed by atoms with Gasteiger partial charge in [-0.05, 0) is 30.3 Å². The molecular formula is C14H10BrNO2S. The molecule has 0 radical (unpaired) electrons. The Kier molecular flexibility index (Phi) is 3.16. The van der Waals surface area contributed by atoms with Gasteiger partial charge in [0.05, 0.1) is 6.54 Å². The monoisotopic (exact) mass is 335 g/mol. The smallest absolute Gasteiger partial charge is 0.345 e. The Hall–Kier alpha value is -1.59. The maximum atomic E-state index is 10.9. The number of hydrogen-bond acceptors (Lipinski definition) is 2. The van der Waals surface area contributed by atoms with E-state index in [1.807, 2.05) is 24.4 Å². The Balaban J connectivity index is 1.96. The fourth-order valence-corrected chi connectivity index (χ4v) is 3.40. The second kappa shape index (κ2) is 4.83. The van der Waals surface area contributed by atoms with Crippen molar-refractivity contribution in [2.45, 2.75) is 6.54 Å². The van der Waals surface area contributed by atoms with E-state index in [4.69, 9.17) is 5.11 Å². The van der Waals surface area contributed by atoms with E-state index < -0.39 is 5.97 Å². The van der Waals surface area contributed by atoms with E-state index in [9.17, 15) is 4.79 Å². The molecule has 3 rings (SSSR count). The zero-order valence-electron chi connectivity index (χ0n) is 9.84. The van der Waals surface area contributed by atoms with E-state index in [1.54, 1.807) is 6.07 Å². The van der Waals surface area contributed by atoms with Crippen molar-refractivity contribution in [1.29, 1.82) is 0 Å². The molecule has 19 heavy (non-hydrogen) atoms. The number of halogens is 1. The fraction of sp³-hybridized carbons (Fsp3) is 0.0714. The average molecular weight is 336 g/mol. The Morgan fingerprint density at radius 2 is 2.11 bits per heavy atom. The van der Waals surface area contributed by atoms with Crippen LogP contribution in [0.15, 0.2) is 47.1 Å². The van der Waals surface area contributed by atoms with Crippen molar-refractivity contribution >= 4 is 44.1 Å². The third-order valence-electron chi connectivity index (χ3n) is 2.96. The Morgan fingerprint density at radius 3 is 2.84 bits per heavy atom. The van der Waals surface area contributed by atoms with Gasteiger partial charge in [-0.25, -0.2) is 4.79 Å². The zero-order valence-corrected chi connectivity index (χ0v) is 12.2. The molecule has 2 heterocycles. The van der Waals surface area contributed by atoms with Crippen LogP contribution >= 0.6 is 27.3 Å². The largest absolute Gasteiger partial charge is 0.477 e. The fourth-order valence-electron chi connectivity index (χ4n) is 2.07. The molecule has 0 aliphatic heterocycles. The molecule has 1 N–H and O–H groups in total. The molecule has 3 aromatic rings. The number of hydrogen-bond donors (Lipinski definition) is 1. The number of carboxylic acids is 1. The molecule has 0 unspecified atom stereocenters. The zero-order chi connectivity index (χ0) is 13.4. The van der Waals surface area contributed by atoms with E-state index in [-0.39, 0.29) is 0 Å². The predicted octanol–water partition coefficient (Wildman–Crippen LogP) is 4.21. The van der Waals surface area contributed by atoms with Crippen LogP contribution in [0.1, 0.15) is 14.5 Å². The second-order valence-corrected chi connectivity index (χ2v) is 6.21. The molecule has 0 aliphatic carbocycles. The topological polar surface area (TPSA) is 42.2 Å². The van der Waals surface area contributed by atoms with E-state index in [2.05, 4.69) is 32.6 Å². The molecule has 3 nitrogen and oxygen atoms in total. The number of fused-ring (bicyclic) bond motifs is 1. The number of rotatable bonds is 3. The van der Waals surface area contributed by atoms with E-state index in [0.29, 0.717) is 11.4 Å². The lowest BCUT2D eigenvalue weighted by Crippen LogP contribution is -1.95. The van der Waals surface area contributed by atoms with Gasteiger partial charge in [0, 0.05) is 26.4 Å². The van der Waals surface area contributed by atoms with Crippen molar-refractivity contribution in [2.24, 2.45) is 0 Å².